The zero-order valence-electron chi connectivity index (χ0n) is 11.2. The van der Waals surface area contributed by atoms with Crippen molar-refractivity contribution in [3.05, 3.63) is 35.4 Å². The summed E-state index contributed by atoms with van der Waals surface area (Å²) in [7, 11) is 0. The van der Waals surface area contributed by atoms with Crippen molar-refractivity contribution >= 4 is 5.84 Å². The summed E-state index contributed by atoms with van der Waals surface area (Å²) in [6.45, 7) is 3.26. The van der Waals surface area contributed by atoms with Crippen LogP contribution in [0.25, 0.3) is 0 Å². The highest BCUT2D eigenvalue weighted by Crippen LogP contribution is 2.34. The van der Waals surface area contributed by atoms with Crippen LogP contribution >= 0.6 is 0 Å². The number of hydrogen-bond acceptors (Lipinski definition) is 1. The minimum atomic E-state index is 0.601. The Morgan fingerprint density at radius 2 is 2.11 bits per heavy atom. The van der Waals surface area contributed by atoms with E-state index in [-0.39, 0.29) is 0 Å². The molecular formula is C16H22N2. The molecule has 1 aliphatic carbocycles. The first-order valence-corrected chi connectivity index (χ1v) is 7.23. The lowest BCUT2D eigenvalue weighted by Gasteiger charge is -2.36. The lowest BCUT2D eigenvalue weighted by Crippen LogP contribution is -2.38. The molecule has 0 radical (unpaired) electrons. The fourth-order valence-corrected chi connectivity index (χ4v) is 3.53. The Bertz CT molecular complexity index is 452. The average Bonchev–Trinajstić information content (AvgIpc) is 2.77. The van der Waals surface area contributed by atoms with E-state index in [1.54, 1.807) is 0 Å². The van der Waals surface area contributed by atoms with E-state index in [9.17, 15) is 0 Å². The monoisotopic (exact) mass is 242 g/mol. The van der Waals surface area contributed by atoms with Gasteiger partial charge in [-0.15, -0.1) is 0 Å². The number of amidine groups is 1. The number of rotatable bonds is 2. The number of nitrogens with one attached hydrogen (secondary N) is 1. The van der Waals surface area contributed by atoms with Crippen LogP contribution in [-0.4, -0.2) is 16.8 Å². The SMILES string of the molecule is CCC1CCCC(N2Cc3ccccc3C2=N)C1. The molecule has 0 bridgehead atoms. The third-order valence-electron chi connectivity index (χ3n) is 4.67. The highest BCUT2D eigenvalue weighted by Gasteiger charge is 2.32. The molecule has 1 saturated carbocycles. The van der Waals surface area contributed by atoms with Gasteiger partial charge < -0.3 is 4.90 Å². The van der Waals surface area contributed by atoms with E-state index in [2.05, 4.69) is 30.0 Å². The molecule has 2 unspecified atom stereocenters. The number of benzene rings is 1. The second-order valence-corrected chi connectivity index (χ2v) is 5.73. The fraction of sp³-hybridized carbons (Fsp3) is 0.562. The van der Waals surface area contributed by atoms with Crippen molar-refractivity contribution in [1.29, 1.82) is 5.41 Å². The summed E-state index contributed by atoms with van der Waals surface area (Å²) >= 11 is 0. The highest BCUT2D eigenvalue weighted by atomic mass is 15.2. The molecule has 18 heavy (non-hydrogen) atoms. The predicted molar refractivity (Wildman–Crippen MR) is 74.9 cm³/mol. The van der Waals surface area contributed by atoms with E-state index in [0.29, 0.717) is 6.04 Å². The van der Waals surface area contributed by atoms with Gasteiger partial charge in [-0.1, -0.05) is 50.5 Å². The Morgan fingerprint density at radius 3 is 2.89 bits per heavy atom. The summed E-state index contributed by atoms with van der Waals surface area (Å²) in [4.78, 5) is 2.34. The van der Waals surface area contributed by atoms with Gasteiger partial charge in [0, 0.05) is 18.2 Å². The van der Waals surface area contributed by atoms with Crippen molar-refractivity contribution < 1.29 is 0 Å². The molecule has 2 aliphatic rings. The molecule has 1 aromatic carbocycles. The second kappa shape index (κ2) is 4.75. The Morgan fingerprint density at radius 1 is 1.28 bits per heavy atom. The first kappa shape index (κ1) is 11.8. The molecule has 0 aromatic heterocycles. The molecule has 1 heterocycles. The van der Waals surface area contributed by atoms with Crippen LogP contribution in [-0.2, 0) is 6.54 Å². The van der Waals surface area contributed by atoms with Gasteiger partial charge in [-0.3, -0.25) is 5.41 Å². The van der Waals surface area contributed by atoms with Crippen LogP contribution in [0, 0.1) is 11.3 Å². The van der Waals surface area contributed by atoms with E-state index in [4.69, 9.17) is 5.41 Å². The third kappa shape index (κ3) is 1.94. The Hall–Kier alpha value is -1.31. The average molecular weight is 242 g/mol. The quantitative estimate of drug-likeness (QED) is 0.839. The summed E-state index contributed by atoms with van der Waals surface area (Å²) < 4.78 is 0. The summed E-state index contributed by atoms with van der Waals surface area (Å²) in [5.41, 5.74) is 2.48. The van der Waals surface area contributed by atoms with Crippen molar-refractivity contribution in [2.45, 2.75) is 51.6 Å². The fourth-order valence-electron chi connectivity index (χ4n) is 3.53. The molecular weight excluding hydrogens is 220 g/mol. The first-order valence-electron chi connectivity index (χ1n) is 7.23. The molecule has 0 amide bonds. The smallest absolute Gasteiger partial charge is 0.128 e. The van der Waals surface area contributed by atoms with Gasteiger partial charge in [-0.05, 0) is 24.3 Å². The van der Waals surface area contributed by atoms with Gasteiger partial charge in [0.1, 0.15) is 5.84 Å². The van der Waals surface area contributed by atoms with Gasteiger partial charge in [-0.2, -0.15) is 0 Å². The second-order valence-electron chi connectivity index (χ2n) is 5.73. The number of nitrogens with zero attached hydrogens (tertiary/aromatic N) is 1. The largest absolute Gasteiger partial charge is 0.349 e. The van der Waals surface area contributed by atoms with E-state index in [1.165, 1.54) is 37.7 Å². The van der Waals surface area contributed by atoms with Crippen molar-refractivity contribution in [1.82, 2.24) is 4.90 Å². The van der Waals surface area contributed by atoms with Gasteiger partial charge in [0.25, 0.3) is 0 Å². The first-order chi connectivity index (χ1) is 8.79. The van der Waals surface area contributed by atoms with E-state index in [0.717, 1.165) is 23.9 Å². The molecule has 2 nitrogen and oxygen atoms in total. The minimum absolute atomic E-state index is 0.601. The predicted octanol–water partition coefficient (Wildman–Crippen LogP) is 3.80. The van der Waals surface area contributed by atoms with Gasteiger partial charge in [0.15, 0.2) is 0 Å². The molecule has 2 atom stereocenters. The summed E-state index contributed by atoms with van der Waals surface area (Å²) in [5, 5.41) is 8.37. The van der Waals surface area contributed by atoms with Crippen LogP contribution in [0.2, 0.25) is 0 Å². The van der Waals surface area contributed by atoms with Crippen molar-refractivity contribution in [3.63, 3.8) is 0 Å². The van der Waals surface area contributed by atoms with Gasteiger partial charge in [0.2, 0.25) is 0 Å². The maximum Gasteiger partial charge on any atom is 0.128 e. The van der Waals surface area contributed by atoms with Gasteiger partial charge >= 0.3 is 0 Å². The number of fused-ring (bicyclic) bond motifs is 1. The Kier molecular flexibility index (Phi) is 3.11. The lowest BCUT2D eigenvalue weighted by atomic mass is 9.83. The third-order valence-corrected chi connectivity index (χ3v) is 4.67. The minimum Gasteiger partial charge on any atom is -0.349 e. The van der Waals surface area contributed by atoms with E-state index < -0.39 is 0 Å². The lowest BCUT2D eigenvalue weighted by molar-refractivity contribution is 0.195. The molecule has 1 N–H and O–H groups in total. The maximum atomic E-state index is 8.37. The normalized spacial score (nSPS) is 27.4. The molecule has 0 spiro atoms. The van der Waals surface area contributed by atoms with Crippen molar-refractivity contribution in [2.24, 2.45) is 5.92 Å². The molecule has 1 aromatic rings. The molecule has 0 saturated heterocycles. The molecule has 1 fully saturated rings. The van der Waals surface area contributed by atoms with Crippen LogP contribution in [0.15, 0.2) is 24.3 Å². The Labute approximate surface area is 110 Å². The molecule has 1 aliphatic heterocycles. The molecule has 96 valence electrons. The van der Waals surface area contributed by atoms with Crippen LogP contribution in [0.4, 0.5) is 0 Å². The zero-order chi connectivity index (χ0) is 12.5. The summed E-state index contributed by atoms with van der Waals surface area (Å²) in [6, 6.07) is 9.00. The van der Waals surface area contributed by atoms with Crippen LogP contribution in [0.5, 0.6) is 0 Å². The van der Waals surface area contributed by atoms with E-state index in [1.807, 2.05) is 6.07 Å². The summed E-state index contributed by atoms with van der Waals surface area (Å²) in [6.07, 6.45) is 6.58. The van der Waals surface area contributed by atoms with Crippen molar-refractivity contribution in [2.75, 3.05) is 0 Å². The molecule has 3 rings (SSSR count). The highest BCUT2D eigenvalue weighted by molar-refractivity contribution is 6.00. The topological polar surface area (TPSA) is 27.1 Å². The Balaban J connectivity index is 1.77. The van der Waals surface area contributed by atoms with Gasteiger partial charge in [0.05, 0.1) is 0 Å². The van der Waals surface area contributed by atoms with E-state index >= 15 is 0 Å². The van der Waals surface area contributed by atoms with Crippen LogP contribution < -0.4 is 0 Å². The summed E-state index contributed by atoms with van der Waals surface area (Å²) in [5.74, 6) is 1.63. The van der Waals surface area contributed by atoms with Crippen LogP contribution in [0.3, 0.4) is 0 Å². The van der Waals surface area contributed by atoms with Crippen molar-refractivity contribution in [3.8, 4) is 0 Å². The maximum absolute atomic E-state index is 8.37. The standard InChI is InChI=1S/C16H22N2/c1-2-12-6-5-8-14(10-12)18-11-13-7-3-4-9-15(13)16(18)17/h3-4,7,9,12,14,17H,2,5-6,8,10-11H2,1H3. The number of hydrogen-bond donors (Lipinski definition) is 1. The zero-order valence-corrected chi connectivity index (χ0v) is 11.2. The van der Waals surface area contributed by atoms with Crippen LogP contribution in [0.1, 0.15) is 50.2 Å². The molecule has 2 heteroatoms. The van der Waals surface area contributed by atoms with Gasteiger partial charge in [-0.25, -0.2) is 0 Å².